The van der Waals surface area contributed by atoms with E-state index >= 15 is 0 Å². The van der Waals surface area contributed by atoms with Gasteiger partial charge in [0.1, 0.15) is 5.75 Å². The van der Waals surface area contributed by atoms with E-state index in [9.17, 15) is 4.79 Å². The van der Waals surface area contributed by atoms with Crippen LogP contribution in [0.4, 0.5) is 5.69 Å². The summed E-state index contributed by atoms with van der Waals surface area (Å²) in [5.41, 5.74) is 4.39. The molecule has 0 saturated carbocycles. The zero-order valence-electron chi connectivity index (χ0n) is 13.0. The number of carbonyl (C=O) groups excluding carboxylic acids is 1. The van der Waals surface area contributed by atoms with Gasteiger partial charge < -0.3 is 9.64 Å². The fourth-order valence-electron chi connectivity index (χ4n) is 1.84. The predicted molar refractivity (Wildman–Crippen MR) is 96.1 cm³/mol. The van der Waals surface area contributed by atoms with Crippen LogP contribution in [0.15, 0.2) is 58.1 Å². The molecule has 0 atom stereocenters. The molecule has 1 N–H and O–H groups in total. The van der Waals surface area contributed by atoms with Crippen molar-refractivity contribution >= 4 is 33.7 Å². The molecule has 0 fully saturated rings. The fraction of sp³-hybridized carbons (Fsp3) is 0.176. The number of ether oxygens (including phenoxy) is 1. The maximum absolute atomic E-state index is 11.7. The standard InChI is InChI=1S/C17H18BrN3O2/c1-21(2)16-9-8-13(10-15(16)18)11-19-20-17(22)12-23-14-6-4-3-5-7-14/h3-11H,12H2,1-2H3,(H,20,22)/b19-11-. The molecule has 0 aliphatic heterocycles. The van der Waals surface area contributed by atoms with Crippen molar-refractivity contribution in [2.75, 3.05) is 25.6 Å². The smallest absolute Gasteiger partial charge is 0.277 e. The normalized spacial score (nSPS) is 10.6. The molecule has 0 aliphatic carbocycles. The van der Waals surface area contributed by atoms with E-state index in [1.165, 1.54) is 0 Å². The summed E-state index contributed by atoms with van der Waals surface area (Å²) in [4.78, 5) is 13.7. The van der Waals surface area contributed by atoms with Crippen LogP contribution in [0.3, 0.4) is 0 Å². The largest absolute Gasteiger partial charge is 0.484 e. The van der Waals surface area contributed by atoms with E-state index in [2.05, 4.69) is 26.5 Å². The first-order valence-electron chi connectivity index (χ1n) is 7.03. The molecular formula is C17H18BrN3O2. The molecule has 6 heteroatoms. The minimum absolute atomic E-state index is 0.0788. The number of hydrogen-bond acceptors (Lipinski definition) is 4. The Kier molecular flexibility index (Phi) is 6.17. The summed E-state index contributed by atoms with van der Waals surface area (Å²) < 4.78 is 6.30. The van der Waals surface area contributed by atoms with E-state index in [4.69, 9.17) is 4.74 Å². The predicted octanol–water partition coefficient (Wildman–Crippen LogP) is 3.04. The van der Waals surface area contributed by atoms with Crippen LogP contribution in [-0.4, -0.2) is 32.8 Å². The van der Waals surface area contributed by atoms with Gasteiger partial charge in [0.2, 0.25) is 0 Å². The Bertz CT molecular complexity index is 687. The van der Waals surface area contributed by atoms with Gasteiger partial charge in [0.25, 0.3) is 5.91 Å². The van der Waals surface area contributed by atoms with Crippen LogP contribution >= 0.6 is 15.9 Å². The first-order chi connectivity index (χ1) is 11.1. The molecule has 0 saturated heterocycles. The molecule has 0 heterocycles. The highest BCUT2D eigenvalue weighted by atomic mass is 79.9. The average molecular weight is 376 g/mol. The Hall–Kier alpha value is -2.34. The van der Waals surface area contributed by atoms with E-state index in [0.29, 0.717) is 5.75 Å². The number of para-hydroxylation sites is 1. The van der Waals surface area contributed by atoms with Gasteiger partial charge in [-0.05, 0) is 45.8 Å². The van der Waals surface area contributed by atoms with Gasteiger partial charge in [-0.15, -0.1) is 0 Å². The van der Waals surface area contributed by atoms with Crippen molar-refractivity contribution in [2.24, 2.45) is 5.10 Å². The minimum atomic E-state index is -0.311. The second-order valence-electron chi connectivity index (χ2n) is 5.00. The molecular weight excluding hydrogens is 358 g/mol. The number of hydrogen-bond donors (Lipinski definition) is 1. The van der Waals surface area contributed by atoms with Gasteiger partial charge >= 0.3 is 0 Å². The Balaban J connectivity index is 1.84. The highest BCUT2D eigenvalue weighted by Gasteiger charge is 2.03. The summed E-state index contributed by atoms with van der Waals surface area (Å²) >= 11 is 3.51. The van der Waals surface area contributed by atoms with Crippen LogP contribution in [0.5, 0.6) is 5.75 Å². The van der Waals surface area contributed by atoms with E-state index in [1.54, 1.807) is 18.3 Å². The quantitative estimate of drug-likeness (QED) is 0.623. The van der Waals surface area contributed by atoms with Crippen molar-refractivity contribution in [3.05, 3.63) is 58.6 Å². The number of amides is 1. The maximum atomic E-state index is 11.7. The summed E-state index contributed by atoms with van der Waals surface area (Å²) in [6.45, 7) is -0.0788. The molecule has 0 aromatic heterocycles. The molecule has 2 rings (SSSR count). The monoisotopic (exact) mass is 375 g/mol. The zero-order valence-corrected chi connectivity index (χ0v) is 14.6. The Labute approximate surface area is 144 Å². The van der Waals surface area contributed by atoms with Gasteiger partial charge in [-0.3, -0.25) is 4.79 Å². The molecule has 0 spiro atoms. The Morgan fingerprint density at radius 2 is 2.00 bits per heavy atom. The highest BCUT2D eigenvalue weighted by molar-refractivity contribution is 9.10. The first-order valence-corrected chi connectivity index (χ1v) is 7.82. The van der Waals surface area contributed by atoms with Crippen LogP contribution < -0.4 is 15.1 Å². The van der Waals surface area contributed by atoms with Crippen molar-refractivity contribution in [3.8, 4) is 5.75 Å². The highest BCUT2D eigenvalue weighted by Crippen LogP contribution is 2.25. The zero-order chi connectivity index (χ0) is 16.7. The summed E-state index contributed by atoms with van der Waals surface area (Å²) in [5.74, 6) is 0.337. The summed E-state index contributed by atoms with van der Waals surface area (Å²) in [5, 5.41) is 3.93. The summed E-state index contributed by atoms with van der Waals surface area (Å²) in [7, 11) is 3.95. The van der Waals surface area contributed by atoms with Gasteiger partial charge in [0.15, 0.2) is 6.61 Å². The molecule has 120 valence electrons. The Morgan fingerprint density at radius 1 is 1.26 bits per heavy atom. The van der Waals surface area contributed by atoms with Crippen LogP contribution in [0.25, 0.3) is 0 Å². The number of anilines is 1. The molecule has 0 unspecified atom stereocenters. The molecule has 2 aromatic rings. The summed E-state index contributed by atoms with van der Waals surface area (Å²) in [6.07, 6.45) is 1.59. The number of halogens is 1. The molecule has 0 radical (unpaired) electrons. The van der Waals surface area contributed by atoms with Gasteiger partial charge in [0.05, 0.1) is 11.9 Å². The third-order valence-electron chi connectivity index (χ3n) is 2.97. The van der Waals surface area contributed by atoms with Crippen molar-refractivity contribution in [2.45, 2.75) is 0 Å². The van der Waals surface area contributed by atoms with Gasteiger partial charge in [-0.1, -0.05) is 24.3 Å². The number of carbonyl (C=O) groups is 1. The lowest BCUT2D eigenvalue weighted by Crippen LogP contribution is -2.24. The van der Waals surface area contributed by atoms with Crippen molar-refractivity contribution in [3.63, 3.8) is 0 Å². The Morgan fingerprint density at radius 3 is 2.65 bits per heavy atom. The van der Waals surface area contributed by atoms with E-state index in [-0.39, 0.29) is 12.5 Å². The number of benzene rings is 2. The second kappa shape index (κ2) is 8.33. The maximum Gasteiger partial charge on any atom is 0.277 e. The van der Waals surface area contributed by atoms with Crippen molar-refractivity contribution < 1.29 is 9.53 Å². The molecule has 2 aromatic carbocycles. The van der Waals surface area contributed by atoms with Crippen LogP contribution in [0.2, 0.25) is 0 Å². The lowest BCUT2D eigenvalue weighted by atomic mass is 10.2. The van der Waals surface area contributed by atoms with E-state index < -0.39 is 0 Å². The van der Waals surface area contributed by atoms with Crippen molar-refractivity contribution in [1.82, 2.24) is 5.43 Å². The number of rotatable bonds is 6. The molecule has 0 aliphatic rings. The number of nitrogens with one attached hydrogen (secondary N) is 1. The lowest BCUT2D eigenvalue weighted by Gasteiger charge is -2.14. The average Bonchev–Trinajstić information content (AvgIpc) is 2.53. The van der Waals surface area contributed by atoms with Crippen LogP contribution in [-0.2, 0) is 4.79 Å². The third kappa shape index (κ3) is 5.41. The first kappa shape index (κ1) is 17.0. The lowest BCUT2D eigenvalue weighted by molar-refractivity contribution is -0.123. The number of hydrazone groups is 1. The molecule has 23 heavy (non-hydrogen) atoms. The van der Waals surface area contributed by atoms with Gasteiger partial charge in [0, 0.05) is 18.6 Å². The topological polar surface area (TPSA) is 53.9 Å². The minimum Gasteiger partial charge on any atom is -0.484 e. The van der Waals surface area contributed by atoms with E-state index in [0.717, 1.165) is 15.7 Å². The third-order valence-corrected chi connectivity index (χ3v) is 3.60. The van der Waals surface area contributed by atoms with Gasteiger partial charge in [-0.2, -0.15) is 5.10 Å². The summed E-state index contributed by atoms with van der Waals surface area (Å²) in [6, 6.07) is 15.0. The number of nitrogens with zero attached hydrogens (tertiary/aromatic N) is 2. The molecule has 0 bridgehead atoms. The second-order valence-corrected chi connectivity index (χ2v) is 5.85. The van der Waals surface area contributed by atoms with E-state index in [1.807, 2.05) is 55.4 Å². The molecule has 1 amide bonds. The SMILES string of the molecule is CN(C)c1ccc(/C=N\NC(=O)COc2ccccc2)cc1Br. The van der Waals surface area contributed by atoms with Crippen LogP contribution in [0.1, 0.15) is 5.56 Å². The van der Waals surface area contributed by atoms with Crippen LogP contribution in [0, 0.1) is 0 Å². The molecule has 5 nitrogen and oxygen atoms in total. The van der Waals surface area contributed by atoms with Crippen molar-refractivity contribution in [1.29, 1.82) is 0 Å². The van der Waals surface area contributed by atoms with Gasteiger partial charge in [-0.25, -0.2) is 5.43 Å². The fourth-order valence-corrected chi connectivity index (χ4v) is 2.59.